The number of aliphatic hydroxyl groups excluding tert-OH is 1. The van der Waals surface area contributed by atoms with E-state index in [-0.39, 0.29) is 18.1 Å². The molecule has 2 aliphatic heterocycles. The van der Waals surface area contributed by atoms with E-state index in [4.69, 9.17) is 9.26 Å². The van der Waals surface area contributed by atoms with Gasteiger partial charge < -0.3 is 24.6 Å². The topological polar surface area (TPSA) is 101 Å². The van der Waals surface area contributed by atoms with Crippen LogP contribution in [0.5, 0.6) is 0 Å². The molecule has 0 aliphatic carbocycles. The molecule has 30 heavy (non-hydrogen) atoms. The molecule has 0 spiro atoms. The van der Waals surface area contributed by atoms with E-state index in [1.54, 1.807) is 13.1 Å². The number of piperidine rings is 1. The lowest BCUT2D eigenvalue weighted by molar-refractivity contribution is -0.130. The molecule has 0 radical (unpaired) electrons. The van der Waals surface area contributed by atoms with Crippen LogP contribution in [0.1, 0.15) is 38.3 Å². The van der Waals surface area contributed by atoms with Crippen LogP contribution in [0.4, 0.5) is 0 Å². The van der Waals surface area contributed by atoms with Gasteiger partial charge in [-0.2, -0.15) is 0 Å². The maximum absolute atomic E-state index is 11.5. The summed E-state index contributed by atoms with van der Waals surface area (Å²) in [6.07, 6.45) is 5.04. The number of hydrogen-bond acceptors (Lipinski definition) is 7. The van der Waals surface area contributed by atoms with Gasteiger partial charge in [0.2, 0.25) is 5.91 Å². The molecule has 2 N–H and O–H groups in total. The lowest BCUT2D eigenvalue weighted by Crippen LogP contribution is -2.50. The molecule has 4 rings (SSSR count). The van der Waals surface area contributed by atoms with Crippen molar-refractivity contribution in [1.29, 1.82) is 0 Å². The smallest absolute Gasteiger partial charge is 0.219 e. The molecular weight excluding hydrogens is 384 g/mol. The number of carbonyl (C=O) groups excluding carboxylic acids is 1. The Morgan fingerprint density at radius 2 is 2.10 bits per heavy atom. The first-order valence-corrected chi connectivity index (χ1v) is 10.8. The Morgan fingerprint density at radius 3 is 2.83 bits per heavy atom. The van der Waals surface area contributed by atoms with Gasteiger partial charge in [-0.3, -0.25) is 9.78 Å². The summed E-state index contributed by atoms with van der Waals surface area (Å²) in [5.74, 6) is 0.790. The minimum Gasteiger partial charge on any atom is -0.390 e. The molecule has 3 atom stereocenters. The number of carbonyl (C=O) groups is 1. The van der Waals surface area contributed by atoms with Gasteiger partial charge >= 0.3 is 0 Å². The Kier molecular flexibility index (Phi) is 6.76. The van der Waals surface area contributed by atoms with E-state index in [0.717, 1.165) is 43.7 Å². The maximum Gasteiger partial charge on any atom is 0.219 e. The van der Waals surface area contributed by atoms with E-state index in [1.807, 2.05) is 29.2 Å². The summed E-state index contributed by atoms with van der Waals surface area (Å²) in [5, 5.41) is 18.1. The molecule has 0 saturated carbocycles. The van der Waals surface area contributed by atoms with Crippen molar-refractivity contribution in [2.24, 2.45) is 0 Å². The Bertz CT molecular complexity index is 820. The minimum absolute atomic E-state index is 0.00134. The second-order valence-corrected chi connectivity index (χ2v) is 8.23. The van der Waals surface area contributed by atoms with Crippen molar-refractivity contribution < 1.29 is 19.2 Å². The molecule has 2 fully saturated rings. The molecule has 2 aliphatic rings. The normalized spacial score (nSPS) is 25.4. The number of pyridine rings is 1. The number of nitrogens with one attached hydrogen (secondary N) is 1. The molecule has 1 amide bonds. The van der Waals surface area contributed by atoms with Gasteiger partial charge in [0.1, 0.15) is 5.69 Å². The van der Waals surface area contributed by atoms with Crippen LogP contribution in [0.2, 0.25) is 0 Å². The zero-order chi connectivity index (χ0) is 20.9. The summed E-state index contributed by atoms with van der Waals surface area (Å²) >= 11 is 0. The highest BCUT2D eigenvalue weighted by Crippen LogP contribution is 2.24. The number of hydrogen-bond donors (Lipinski definition) is 2. The summed E-state index contributed by atoms with van der Waals surface area (Å²) in [6, 6.07) is 7.93. The van der Waals surface area contributed by atoms with Crippen LogP contribution in [-0.4, -0.2) is 70.0 Å². The highest BCUT2D eigenvalue weighted by atomic mass is 16.5. The van der Waals surface area contributed by atoms with Crippen LogP contribution < -0.4 is 5.32 Å². The van der Waals surface area contributed by atoms with Crippen LogP contribution >= 0.6 is 0 Å². The number of aromatic nitrogens is 2. The summed E-state index contributed by atoms with van der Waals surface area (Å²) in [7, 11) is 0. The molecule has 162 valence electrons. The van der Waals surface area contributed by atoms with Crippen LogP contribution in [0.15, 0.2) is 35.0 Å². The van der Waals surface area contributed by atoms with Crippen LogP contribution in [0.3, 0.4) is 0 Å². The van der Waals surface area contributed by atoms with E-state index in [9.17, 15) is 9.90 Å². The van der Waals surface area contributed by atoms with E-state index in [0.29, 0.717) is 31.2 Å². The Morgan fingerprint density at radius 1 is 1.27 bits per heavy atom. The van der Waals surface area contributed by atoms with Gasteiger partial charge in [0.25, 0.3) is 0 Å². The van der Waals surface area contributed by atoms with Gasteiger partial charge in [-0.1, -0.05) is 11.2 Å². The molecule has 4 heterocycles. The number of aliphatic hydroxyl groups is 1. The van der Waals surface area contributed by atoms with Crippen molar-refractivity contribution in [1.82, 2.24) is 20.4 Å². The van der Waals surface area contributed by atoms with Gasteiger partial charge in [-0.15, -0.1) is 0 Å². The van der Waals surface area contributed by atoms with E-state index < -0.39 is 6.10 Å². The van der Waals surface area contributed by atoms with Gasteiger partial charge in [-0.25, -0.2) is 0 Å². The zero-order valence-electron chi connectivity index (χ0n) is 17.4. The summed E-state index contributed by atoms with van der Waals surface area (Å²) in [4.78, 5) is 17.6. The van der Waals surface area contributed by atoms with Gasteiger partial charge in [0.15, 0.2) is 5.76 Å². The van der Waals surface area contributed by atoms with Gasteiger partial charge in [0.05, 0.1) is 24.0 Å². The predicted octanol–water partition coefficient (Wildman–Crippen LogP) is 1.79. The first-order valence-electron chi connectivity index (χ1n) is 10.8. The van der Waals surface area contributed by atoms with Crippen molar-refractivity contribution in [3.63, 3.8) is 0 Å². The van der Waals surface area contributed by atoms with Gasteiger partial charge in [0, 0.05) is 51.3 Å². The first kappa shape index (κ1) is 21.0. The number of likely N-dealkylation sites (tertiary alicyclic amines) is 1. The number of rotatable bonds is 6. The maximum atomic E-state index is 11.5. The Balaban J connectivity index is 1.26. The zero-order valence-corrected chi connectivity index (χ0v) is 17.4. The Labute approximate surface area is 176 Å². The van der Waals surface area contributed by atoms with Crippen molar-refractivity contribution in [2.45, 2.75) is 63.4 Å². The van der Waals surface area contributed by atoms with Crippen LogP contribution in [0.25, 0.3) is 11.5 Å². The molecule has 0 aromatic carbocycles. The molecule has 3 unspecified atom stereocenters. The third-order valence-corrected chi connectivity index (χ3v) is 6.04. The van der Waals surface area contributed by atoms with Crippen molar-refractivity contribution >= 4 is 5.91 Å². The van der Waals surface area contributed by atoms with Crippen LogP contribution in [0, 0.1) is 0 Å². The molecule has 2 aromatic heterocycles. The second kappa shape index (κ2) is 9.68. The third kappa shape index (κ3) is 5.24. The van der Waals surface area contributed by atoms with Crippen LogP contribution in [-0.2, 0) is 16.0 Å². The first-order chi connectivity index (χ1) is 14.6. The molecular formula is C22H30N4O4. The fraction of sp³-hybridized carbons (Fsp3) is 0.591. The molecule has 8 nitrogen and oxygen atoms in total. The fourth-order valence-corrected chi connectivity index (χ4v) is 4.23. The second-order valence-electron chi connectivity index (χ2n) is 8.23. The van der Waals surface area contributed by atoms with E-state index in [1.165, 1.54) is 0 Å². The minimum atomic E-state index is -0.465. The Hall–Kier alpha value is -2.29. The quantitative estimate of drug-likeness (QED) is 0.743. The molecule has 2 aromatic rings. The average molecular weight is 415 g/mol. The summed E-state index contributed by atoms with van der Waals surface area (Å²) in [5.41, 5.74) is 1.59. The lowest BCUT2D eigenvalue weighted by Gasteiger charge is -2.36. The lowest BCUT2D eigenvalue weighted by atomic mass is 9.97. The predicted molar refractivity (Wildman–Crippen MR) is 111 cm³/mol. The number of amides is 1. The van der Waals surface area contributed by atoms with Crippen molar-refractivity contribution in [3.05, 3.63) is 36.2 Å². The SMILES string of the molecule is CC(=O)N1CCC(NCC2OC(Cc3cc(-c4ccccn4)on3)CCC2O)CC1. The molecule has 0 bridgehead atoms. The molecule has 2 saturated heterocycles. The third-order valence-electron chi connectivity index (χ3n) is 6.04. The van der Waals surface area contributed by atoms with E-state index >= 15 is 0 Å². The largest absolute Gasteiger partial charge is 0.390 e. The summed E-state index contributed by atoms with van der Waals surface area (Å²) in [6.45, 7) is 3.80. The highest BCUT2D eigenvalue weighted by Gasteiger charge is 2.31. The van der Waals surface area contributed by atoms with Crippen molar-refractivity contribution in [3.8, 4) is 11.5 Å². The highest BCUT2D eigenvalue weighted by molar-refractivity contribution is 5.73. The van der Waals surface area contributed by atoms with Gasteiger partial charge in [-0.05, 0) is 37.8 Å². The average Bonchev–Trinajstić information content (AvgIpc) is 3.23. The monoisotopic (exact) mass is 414 g/mol. The number of ether oxygens (including phenoxy) is 1. The summed E-state index contributed by atoms with van der Waals surface area (Å²) < 4.78 is 11.6. The van der Waals surface area contributed by atoms with Crippen molar-refractivity contribution in [2.75, 3.05) is 19.6 Å². The standard InChI is InChI=1S/C22H30N4O4/c1-15(27)26-10-7-16(8-11-26)24-14-22-20(28)6-5-18(29-22)12-17-13-21(30-25-17)19-4-2-3-9-23-19/h2-4,9,13,16,18,20,22,24,28H,5-8,10-12,14H2,1H3. The number of nitrogens with zero attached hydrogens (tertiary/aromatic N) is 3. The fourth-order valence-electron chi connectivity index (χ4n) is 4.23. The molecule has 8 heteroatoms. The van der Waals surface area contributed by atoms with E-state index in [2.05, 4.69) is 15.5 Å².